The minimum absolute atomic E-state index is 0.517. The molecule has 0 atom stereocenters. The van der Waals surface area contributed by atoms with Crippen LogP contribution in [0.4, 0.5) is 0 Å². The summed E-state index contributed by atoms with van der Waals surface area (Å²) in [4.78, 5) is 15.5. The van der Waals surface area contributed by atoms with Gasteiger partial charge in [0, 0.05) is 21.9 Å². The first-order chi connectivity index (χ1) is 25.7. The topological polar surface area (TPSA) is 67.4 Å². The first kappa shape index (κ1) is 31.1. The Morgan fingerprint density at radius 1 is 0.423 bits per heavy atom. The van der Waals surface area contributed by atoms with E-state index in [0.717, 1.165) is 32.9 Å². The first-order valence-electron chi connectivity index (χ1n) is 17.3. The van der Waals surface area contributed by atoms with Crippen molar-refractivity contribution in [3.8, 4) is 34.8 Å². The number of hydrogen-bond acceptors (Lipinski definition) is 4. The van der Waals surface area contributed by atoms with Gasteiger partial charge in [-0.1, -0.05) is 164 Å². The number of fused-ring (bicyclic) bond motifs is 3. The quantitative estimate of drug-likeness (QED) is 0.129. The Bertz CT molecular complexity index is 2640. The summed E-state index contributed by atoms with van der Waals surface area (Å²) >= 11 is 0. The summed E-state index contributed by atoms with van der Waals surface area (Å²) in [6, 6.07) is 67.9. The molecule has 2 heterocycles. The highest BCUT2D eigenvalue weighted by Gasteiger charge is 2.41. The van der Waals surface area contributed by atoms with Crippen LogP contribution in [0.1, 0.15) is 5.56 Å². The van der Waals surface area contributed by atoms with Crippen LogP contribution in [-0.4, -0.2) is 27.6 Å². The molecule has 9 aromatic rings. The maximum atomic E-state index is 9.73. The summed E-state index contributed by atoms with van der Waals surface area (Å²) in [7, 11) is -2.79. The summed E-state index contributed by atoms with van der Waals surface area (Å²) in [5.41, 5.74) is 4.30. The van der Waals surface area contributed by atoms with Gasteiger partial charge in [0.05, 0.1) is 22.7 Å². The second-order valence-corrected chi connectivity index (χ2v) is 16.6. The van der Waals surface area contributed by atoms with E-state index in [1.807, 2.05) is 60.7 Å². The highest BCUT2D eigenvalue weighted by molar-refractivity contribution is 7.19. The van der Waals surface area contributed by atoms with Crippen LogP contribution in [0, 0.1) is 11.3 Å². The van der Waals surface area contributed by atoms with Crippen LogP contribution in [0.5, 0.6) is 0 Å². The summed E-state index contributed by atoms with van der Waals surface area (Å²) in [5, 5.41) is 16.9. The minimum atomic E-state index is -2.79. The van der Waals surface area contributed by atoms with Gasteiger partial charge in [-0.3, -0.25) is 4.57 Å². The van der Waals surface area contributed by atoms with E-state index in [2.05, 4.69) is 138 Å². The monoisotopic (exact) mass is 681 g/mol. The Morgan fingerprint density at radius 2 is 0.923 bits per heavy atom. The molecule has 0 saturated heterocycles. The zero-order valence-corrected chi connectivity index (χ0v) is 29.1. The molecule has 0 bridgehead atoms. The number of benzene rings is 7. The third-order valence-corrected chi connectivity index (χ3v) is 14.6. The lowest BCUT2D eigenvalue weighted by Gasteiger charge is -2.34. The lowest BCUT2D eigenvalue weighted by atomic mass is 10.1. The molecule has 0 unspecified atom stereocenters. The molecule has 0 aliphatic heterocycles. The summed E-state index contributed by atoms with van der Waals surface area (Å²) in [6.07, 6.45) is 0. The predicted octanol–water partition coefficient (Wildman–Crippen LogP) is 7.55. The fourth-order valence-electron chi connectivity index (χ4n) is 7.52. The largest absolute Gasteiger partial charge is 0.278 e. The van der Waals surface area contributed by atoms with Crippen molar-refractivity contribution in [1.82, 2.24) is 19.5 Å². The van der Waals surface area contributed by atoms with Gasteiger partial charge in [0.1, 0.15) is 0 Å². The molecule has 0 fully saturated rings. The van der Waals surface area contributed by atoms with Crippen molar-refractivity contribution in [2.24, 2.45) is 0 Å². The highest BCUT2D eigenvalue weighted by atomic mass is 28.3. The number of nitrogens with zero attached hydrogens (tertiary/aromatic N) is 5. The van der Waals surface area contributed by atoms with Crippen LogP contribution in [0.15, 0.2) is 188 Å². The van der Waals surface area contributed by atoms with Crippen LogP contribution >= 0.6 is 0 Å². The molecular weight excluding hydrogens is 651 g/mol. The third-order valence-electron chi connectivity index (χ3n) is 9.83. The average Bonchev–Trinajstić information content (AvgIpc) is 3.56. The van der Waals surface area contributed by atoms with Crippen LogP contribution in [0.25, 0.3) is 50.5 Å². The van der Waals surface area contributed by atoms with Crippen molar-refractivity contribution in [3.05, 3.63) is 194 Å². The molecule has 0 radical (unpaired) electrons. The van der Waals surface area contributed by atoms with Crippen molar-refractivity contribution in [2.75, 3.05) is 0 Å². The second kappa shape index (κ2) is 13.1. The molecule has 0 aliphatic carbocycles. The zero-order chi connectivity index (χ0) is 34.9. The lowest BCUT2D eigenvalue weighted by molar-refractivity contribution is 0.953. The van der Waals surface area contributed by atoms with Gasteiger partial charge in [-0.05, 0) is 45.0 Å². The van der Waals surface area contributed by atoms with Gasteiger partial charge in [-0.15, -0.1) is 0 Å². The Labute approximate surface area is 302 Å². The molecular formula is C46H31N5Si. The van der Waals surface area contributed by atoms with E-state index in [1.54, 1.807) is 0 Å². The number of nitriles is 1. The number of aromatic nitrogens is 4. The van der Waals surface area contributed by atoms with Gasteiger partial charge in [0.25, 0.3) is 0 Å². The first-order valence-corrected chi connectivity index (χ1v) is 19.3. The molecule has 7 aromatic carbocycles. The summed E-state index contributed by atoms with van der Waals surface area (Å²) in [5.74, 6) is 1.69. The SMILES string of the molecule is N#Cc1ccc2c(c1)c1ccccc1n2-c1nc(-c2ccccc2)nc(-c2cccc([Si](c3ccccc3)(c3ccccc3)c3ccccc3)c2)n1. The molecule has 0 spiro atoms. The van der Waals surface area contributed by atoms with E-state index in [-0.39, 0.29) is 0 Å². The predicted molar refractivity (Wildman–Crippen MR) is 213 cm³/mol. The lowest BCUT2D eigenvalue weighted by Crippen LogP contribution is -2.74. The van der Waals surface area contributed by atoms with Crippen molar-refractivity contribution in [2.45, 2.75) is 0 Å². The molecule has 2 aromatic heterocycles. The third kappa shape index (κ3) is 5.20. The smallest absolute Gasteiger partial charge is 0.238 e. The number of para-hydroxylation sites is 1. The van der Waals surface area contributed by atoms with E-state index in [1.165, 1.54) is 20.7 Å². The van der Waals surface area contributed by atoms with Crippen LogP contribution in [0.2, 0.25) is 0 Å². The Hall–Kier alpha value is -6.94. The van der Waals surface area contributed by atoms with Gasteiger partial charge in [-0.2, -0.15) is 15.2 Å². The van der Waals surface area contributed by atoms with E-state index >= 15 is 0 Å². The molecule has 0 N–H and O–H groups in total. The van der Waals surface area contributed by atoms with E-state index in [0.29, 0.717) is 23.2 Å². The average molecular weight is 682 g/mol. The van der Waals surface area contributed by atoms with Gasteiger partial charge in [0.15, 0.2) is 19.7 Å². The minimum Gasteiger partial charge on any atom is -0.278 e. The normalized spacial score (nSPS) is 11.4. The van der Waals surface area contributed by atoms with Crippen LogP contribution in [-0.2, 0) is 0 Å². The highest BCUT2D eigenvalue weighted by Crippen LogP contribution is 2.33. The Kier molecular flexibility index (Phi) is 7.81. The Morgan fingerprint density at radius 3 is 1.54 bits per heavy atom. The van der Waals surface area contributed by atoms with Gasteiger partial charge in [0.2, 0.25) is 5.95 Å². The number of hydrogen-bond donors (Lipinski definition) is 0. The molecule has 0 saturated carbocycles. The summed E-state index contributed by atoms with van der Waals surface area (Å²) < 4.78 is 2.09. The van der Waals surface area contributed by atoms with Gasteiger partial charge >= 0.3 is 0 Å². The molecule has 0 aliphatic rings. The van der Waals surface area contributed by atoms with Crippen LogP contribution < -0.4 is 20.7 Å². The van der Waals surface area contributed by atoms with Crippen LogP contribution in [0.3, 0.4) is 0 Å². The fourth-order valence-corrected chi connectivity index (χ4v) is 12.3. The molecule has 52 heavy (non-hydrogen) atoms. The maximum Gasteiger partial charge on any atom is 0.238 e. The zero-order valence-electron chi connectivity index (χ0n) is 28.1. The maximum absolute atomic E-state index is 9.73. The standard InChI is InChI=1S/C46H31N5Si/c47-32-33-28-29-43-41(30-33)40-26-13-14-27-42(40)51(43)46-49-44(34-16-5-1-6-17-34)48-45(50-46)35-18-15-25-39(31-35)52(36-19-7-2-8-20-36,37-21-9-3-10-22-37)38-23-11-4-12-24-38/h1-31H. The Balaban J connectivity index is 1.32. The van der Waals surface area contributed by atoms with E-state index < -0.39 is 8.07 Å². The van der Waals surface area contributed by atoms with Crippen molar-refractivity contribution in [1.29, 1.82) is 5.26 Å². The molecule has 5 nitrogen and oxygen atoms in total. The fraction of sp³-hybridized carbons (Fsp3) is 0. The van der Waals surface area contributed by atoms with Gasteiger partial charge in [-0.25, -0.2) is 4.98 Å². The van der Waals surface area contributed by atoms with E-state index in [4.69, 9.17) is 15.0 Å². The van der Waals surface area contributed by atoms with Gasteiger partial charge < -0.3 is 0 Å². The summed E-state index contributed by atoms with van der Waals surface area (Å²) in [6.45, 7) is 0. The molecule has 244 valence electrons. The molecule has 6 heteroatoms. The van der Waals surface area contributed by atoms with E-state index in [9.17, 15) is 5.26 Å². The van der Waals surface area contributed by atoms with Crippen molar-refractivity contribution in [3.63, 3.8) is 0 Å². The van der Waals surface area contributed by atoms with Crippen molar-refractivity contribution >= 4 is 50.6 Å². The number of rotatable bonds is 7. The molecule has 0 amide bonds. The molecule has 9 rings (SSSR count). The van der Waals surface area contributed by atoms with Crippen molar-refractivity contribution < 1.29 is 0 Å². The second-order valence-electron chi connectivity index (χ2n) is 12.8.